The zero-order valence-corrected chi connectivity index (χ0v) is 59.0. The van der Waals surface area contributed by atoms with Gasteiger partial charge >= 0.3 is 0 Å². The quantitative estimate of drug-likeness (QED) is 0.142. The van der Waals surface area contributed by atoms with Gasteiger partial charge in [-0.15, -0.1) is 0 Å². The van der Waals surface area contributed by atoms with Crippen LogP contribution in [0.2, 0.25) is 0 Å². The zero-order valence-electron chi connectivity index (χ0n) is 59.0. The third-order valence-electron chi connectivity index (χ3n) is 26.6. The van der Waals surface area contributed by atoms with Gasteiger partial charge in [-0.3, -0.25) is 0 Å². The van der Waals surface area contributed by atoms with E-state index in [1.54, 1.807) is 0 Å². The minimum atomic E-state index is 1.44. The number of aryl methyl sites for hydroxylation is 18. The Bertz CT molecular complexity index is 5330. The molecule has 16 rings (SSSR count). The van der Waals surface area contributed by atoms with Crippen LogP contribution >= 0.6 is 0 Å². The van der Waals surface area contributed by atoms with Crippen molar-refractivity contribution < 1.29 is 0 Å². The van der Waals surface area contributed by atoms with Crippen LogP contribution in [0.5, 0.6) is 0 Å². The second kappa shape index (κ2) is 17.7. The molecule has 1 aliphatic rings. The Kier molecular flexibility index (Phi) is 11.4. The van der Waals surface area contributed by atoms with Gasteiger partial charge in [0, 0.05) is 0 Å². The molecule has 0 saturated heterocycles. The molecule has 0 nitrogen and oxygen atoms in total. The van der Waals surface area contributed by atoms with Crippen molar-refractivity contribution in [3.63, 3.8) is 0 Å². The number of hydrogen-bond acceptors (Lipinski definition) is 0. The Morgan fingerprint density at radius 3 is 0.386 bits per heavy atom. The number of hydrogen-bond donors (Lipinski definition) is 0. The Morgan fingerprint density at radius 1 is 0.0682 bits per heavy atom. The molecular formula is C88H90. The van der Waals surface area contributed by atoms with E-state index in [4.69, 9.17) is 0 Å². The Hall–Kier alpha value is -7.54. The van der Waals surface area contributed by atoms with Crippen molar-refractivity contribution in [3.8, 4) is 22.3 Å². The van der Waals surface area contributed by atoms with Crippen molar-refractivity contribution >= 4 is 129 Å². The molecule has 0 heterocycles. The van der Waals surface area contributed by atoms with E-state index in [0.717, 1.165) is 0 Å². The minimum absolute atomic E-state index is 1.44. The van der Waals surface area contributed by atoms with Crippen molar-refractivity contribution in [1.82, 2.24) is 0 Å². The van der Waals surface area contributed by atoms with Gasteiger partial charge in [-0.1, -0.05) is 0 Å². The van der Waals surface area contributed by atoms with Gasteiger partial charge in [-0.2, -0.15) is 0 Å². The van der Waals surface area contributed by atoms with Crippen molar-refractivity contribution in [3.05, 3.63) is 167 Å². The lowest BCUT2D eigenvalue weighted by Gasteiger charge is -2.19. The molecule has 0 aromatic heterocycles. The Balaban J connectivity index is 0.000000209. The molecule has 0 bridgehead atoms. The summed E-state index contributed by atoms with van der Waals surface area (Å²) in [6, 6.07) is 0. The van der Waals surface area contributed by atoms with E-state index in [-0.39, 0.29) is 0 Å². The third kappa shape index (κ3) is 5.98. The smallest absolute Gasteiger partial charge is 0.000793 e. The first kappa shape index (κ1) is 56.9. The van der Waals surface area contributed by atoms with Crippen molar-refractivity contribution in [2.24, 2.45) is 0 Å². The number of rotatable bonds is 0. The molecule has 15 aromatic rings. The van der Waals surface area contributed by atoms with E-state index < -0.39 is 0 Å². The summed E-state index contributed by atoms with van der Waals surface area (Å²) in [5.74, 6) is 0. The van der Waals surface area contributed by atoms with E-state index in [1.807, 2.05) is 0 Å². The predicted octanol–water partition coefficient (Wildman–Crippen LogP) is 25.9. The van der Waals surface area contributed by atoms with E-state index in [0.29, 0.717) is 0 Å². The normalized spacial score (nSPS) is 12.9. The van der Waals surface area contributed by atoms with Gasteiger partial charge in [-0.05, 0) is 526 Å². The van der Waals surface area contributed by atoms with Gasteiger partial charge in [-0.25, -0.2) is 0 Å². The molecule has 0 unspecified atom stereocenters. The highest BCUT2D eigenvalue weighted by Gasteiger charge is 2.36. The van der Waals surface area contributed by atoms with Crippen molar-refractivity contribution in [2.45, 2.75) is 208 Å². The monoisotopic (exact) mass is 1150 g/mol. The predicted molar refractivity (Wildman–Crippen MR) is 394 cm³/mol. The summed E-state index contributed by atoms with van der Waals surface area (Å²) in [7, 11) is 0. The summed E-state index contributed by atoms with van der Waals surface area (Å²) in [5.41, 5.74) is 49.5. The third-order valence-corrected chi connectivity index (χ3v) is 26.6. The molecule has 0 N–H and O–H groups in total. The van der Waals surface area contributed by atoms with E-state index in [9.17, 15) is 0 Å². The highest BCUT2D eigenvalue weighted by molar-refractivity contribution is 6.49. The van der Waals surface area contributed by atoms with E-state index >= 15 is 0 Å². The second-order valence-electron chi connectivity index (χ2n) is 29.2. The number of fused-ring (bicyclic) bond motifs is 15. The van der Waals surface area contributed by atoms with Gasteiger partial charge in [0.05, 0.1) is 0 Å². The summed E-state index contributed by atoms with van der Waals surface area (Å²) >= 11 is 0. The van der Waals surface area contributed by atoms with Crippen LogP contribution in [-0.2, 0) is 0 Å². The molecule has 15 aromatic carbocycles. The Labute approximate surface area is 523 Å². The van der Waals surface area contributed by atoms with Crippen LogP contribution in [0.15, 0.2) is 0 Å². The summed E-state index contributed by atoms with van der Waals surface area (Å²) in [6.07, 6.45) is 0. The maximum Gasteiger partial charge on any atom is -0.000793 e. The molecule has 0 atom stereocenters. The first-order chi connectivity index (χ1) is 41.3. The van der Waals surface area contributed by atoms with Crippen LogP contribution in [-0.4, -0.2) is 0 Å². The molecule has 0 aliphatic heterocycles. The second-order valence-corrected chi connectivity index (χ2v) is 29.2. The molecule has 88 heavy (non-hydrogen) atoms. The molecule has 0 heteroatoms. The van der Waals surface area contributed by atoms with Gasteiger partial charge in [0.25, 0.3) is 0 Å². The molecule has 0 fully saturated rings. The summed E-state index contributed by atoms with van der Waals surface area (Å²) in [5, 5.41) is 35.8. The minimum Gasteiger partial charge on any atom is -0.0443 e. The fourth-order valence-corrected chi connectivity index (χ4v) is 20.0. The van der Waals surface area contributed by atoms with Crippen molar-refractivity contribution in [2.75, 3.05) is 0 Å². The van der Waals surface area contributed by atoms with Gasteiger partial charge in [0.15, 0.2) is 0 Å². The highest BCUT2D eigenvalue weighted by Crippen LogP contribution is 2.61. The largest absolute Gasteiger partial charge is 0.0443 e. The molecule has 0 radical (unpaired) electrons. The standard InChI is InChI=1S/C62H60.C26H30/c1-21-25(5)41-26(6)22(2)30(10)44-52-38(18)56-48-35(15)36(16)50-58-40(20)54-46-32(12)24(4)28(8)42-27(7)23(3)31(11)45(60(42)46)53(54)39(19)57(58)49-34(14)33(13)47(61(48)62(49)50)55(56)37(17)51(52)43(29(21)9)59(41)44;1-11-12(2)18(8)23-22(17(11)7)24-19(9)13(3)15(5)21-16(6)14(4)20(10)25(23)26(21)24/h1-20H3;1-10H3. The van der Waals surface area contributed by atoms with Crippen LogP contribution in [0.3, 0.4) is 0 Å². The van der Waals surface area contributed by atoms with Crippen molar-refractivity contribution in [1.29, 1.82) is 0 Å². The van der Waals surface area contributed by atoms with Gasteiger partial charge in [0.2, 0.25) is 0 Å². The van der Waals surface area contributed by atoms with Crippen LogP contribution in [0.25, 0.3) is 152 Å². The summed E-state index contributed by atoms with van der Waals surface area (Å²) in [6.45, 7) is 71.3. The number of benzene rings is 11. The molecule has 0 spiro atoms. The fourth-order valence-electron chi connectivity index (χ4n) is 20.0. The van der Waals surface area contributed by atoms with Gasteiger partial charge in [0.1, 0.15) is 0 Å². The van der Waals surface area contributed by atoms with Crippen LogP contribution in [0.1, 0.15) is 167 Å². The van der Waals surface area contributed by atoms with Crippen LogP contribution in [0, 0.1) is 208 Å². The van der Waals surface area contributed by atoms with Crippen LogP contribution in [0.4, 0.5) is 0 Å². The topological polar surface area (TPSA) is 0 Å². The lowest BCUT2D eigenvalue weighted by Crippen LogP contribution is -1.98. The lowest BCUT2D eigenvalue weighted by molar-refractivity contribution is 1.22. The molecule has 0 saturated carbocycles. The summed E-state index contributed by atoms with van der Waals surface area (Å²) in [4.78, 5) is 0. The lowest BCUT2D eigenvalue weighted by atomic mass is 9.85. The molecule has 442 valence electrons. The van der Waals surface area contributed by atoms with E-state index in [2.05, 4.69) is 208 Å². The average Bonchev–Trinajstić information content (AvgIpc) is 1.51. The highest BCUT2D eigenvalue weighted by atomic mass is 14.4. The summed E-state index contributed by atoms with van der Waals surface area (Å²) < 4.78 is 0. The van der Waals surface area contributed by atoms with E-state index in [1.165, 1.54) is 318 Å². The molecular weight excluding hydrogens is 1060 g/mol. The fraction of sp³-hybridized carbons (Fsp3) is 0.341. The van der Waals surface area contributed by atoms with Gasteiger partial charge < -0.3 is 0 Å². The molecule has 0 amide bonds. The first-order valence-electron chi connectivity index (χ1n) is 33.0. The SMILES string of the molecule is Cc1c(C)c(C)c2c(c1C)-c1c(C)c(C)c(C)c3c(C)c(C)c(C)c-2c13.Cc1c(C)c2c(C)c(C)c(C)c3c4c(C)c5c(c(C)c4c(c1C)c23)c1c(C)c(C)c2c3c(C)c4c(c(C)c3c3c(C)c(C)c5c1c23)c1c(C)c(C)c(C)c2c(C)c(C)c(C)c4c21. The zero-order chi connectivity index (χ0) is 63.5. The van der Waals surface area contributed by atoms with Crippen LogP contribution < -0.4 is 0 Å². The molecule has 1 aliphatic carbocycles. The average molecular weight is 1150 g/mol. The Morgan fingerprint density at radius 2 is 0.182 bits per heavy atom. The maximum atomic E-state index is 2.48. The maximum absolute atomic E-state index is 2.48. The first-order valence-corrected chi connectivity index (χ1v) is 33.0.